The average molecular weight is 491 g/mol. The first-order chi connectivity index (χ1) is 17.2. The Balaban J connectivity index is 1.49. The van der Waals surface area contributed by atoms with Crippen molar-refractivity contribution in [1.29, 1.82) is 0 Å². The summed E-state index contributed by atoms with van der Waals surface area (Å²) in [4.78, 5) is 23.1. The van der Waals surface area contributed by atoms with Gasteiger partial charge in [-0.2, -0.15) is 0 Å². The summed E-state index contributed by atoms with van der Waals surface area (Å²) in [5.41, 5.74) is 3.94. The van der Waals surface area contributed by atoms with E-state index >= 15 is 0 Å². The Morgan fingerprint density at radius 1 is 0.889 bits per heavy atom. The molecule has 7 heteroatoms. The number of hydrogen-bond acceptors (Lipinski definition) is 4. The monoisotopic (exact) mass is 490 g/mol. The number of aryl methyl sites for hydroxylation is 1. The highest BCUT2D eigenvalue weighted by Gasteiger charge is 2.15. The van der Waals surface area contributed by atoms with Crippen LogP contribution in [-0.4, -0.2) is 36.0 Å². The zero-order chi connectivity index (χ0) is 26.0. The largest absolute Gasteiger partial charge is 0.494 e. The number of rotatable bonds is 10. The van der Waals surface area contributed by atoms with Gasteiger partial charge in [0.05, 0.1) is 12.3 Å². The Bertz CT molecular complexity index is 1160. The fraction of sp³-hybridized carbons (Fsp3) is 0.310. The maximum absolute atomic E-state index is 11.8. The summed E-state index contributed by atoms with van der Waals surface area (Å²) in [5, 5.41) is 14.5. The Morgan fingerprint density at radius 3 is 2.36 bits per heavy atom. The number of alkyl carbamates (subject to hydrolysis) is 1. The first-order valence-electron chi connectivity index (χ1n) is 12.1. The number of anilines is 1. The number of amides is 2. The minimum atomic E-state index is -1.09. The molecule has 3 rings (SSSR count). The number of carbonyl (C=O) groups excluding carboxylic acids is 1. The molecule has 3 aromatic carbocycles. The fourth-order valence-electron chi connectivity index (χ4n) is 3.72. The molecule has 0 aliphatic heterocycles. The van der Waals surface area contributed by atoms with Crippen molar-refractivity contribution in [1.82, 2.24) is 5.32 Å². The summed E-state index contributed by atoms with van der Waals surface area (Å²) in [6, 6.07) is 23.4. The average Bonchev–Trinajstić information content (AvgIpc) is 2.81. The molecule has 0 heterocycles. The molecule has 0 saturated heterocycles. The van der Waals surface area contributed by atoms with Crippen LogP contribution in [0.4, 0.5) is 15.3 Å². The quantitative estimate of drug-likeness (QED) is 0.281. The molecule has 36 heavy (non-hydrogen) atoms. The smallest absolute Gasteiger partial charge is 0.409 e. The minimum absolute atomic E-state index is 0.423. The topological polar surface area (TPSA) is 96.9 Å². The summed E-state index contributed by atoms with van der Waals surface area (Å²) >= 11 is 0. The second kappa shape index (κ2) is 12.6. The van der Waals surface area contributed by atoms with Crippen molar-refractivity contribution < 1.29 is 24.2 Å². The molecule has 0 atom stereocenters. The van der Waals surface area contributed by atoms with Crippen molar-refractivity contribution in [3.63, 3.8) is 0 Å². The van der Waals surface area contributed by atoms with Gasteiger partial charge < -0.3 is 19.9 Å². The van der Waals surface area contributed by atoms with Gasteiger partial charge in [0.2, 0.25) is 0 Å². The van der Waals surface area contributed by atoms with Crippen LogP contribution in [0.15, 0.2) is 72.8 Å². The van der Waals surface area contributed by atoms with Crippen LogP contribution >= 0.6 is 0 Å². The maximum Gasteiger partial charge on any atom is 0.409 e. The van der Waals surface area contributed by atoms with Gasteiger partial charge in [-0.1, -0.05) is 54.6 Å². The fourth-order valence-corrected chi connectivity index (χ4v) is 3.72. The van der Waals surface area contributed by atoms with E-state index in [9.17, 15) is 14.7 Å². The van der Waals surface area contributed by atoms with Crippen LogP contribution < -0.4 is 15.4 Å². The molecule has 0 spiro atoms. The van der Waals surface area contributed by atoms with Gasteiger partial charge in [-0.15, -0.1) is 0 Å². The van der Waals surface area contributed by atoms with Crippen LogP contribution in [-0.2, 0) is 17.6 Å². The van der Waals surface area contributed by atoms with E-state index in [1.54, 1.807) is 0 Å². The molecule has 0 bridgehead atoms. The zero-order valence-electron chi connectivity index (χ0n) is 21.0. The number of benzene rings is 3. The second-order valence-corrected chi connectivity index (χ2v) is 9.45. The summed E-state index contributed by atoms with van der Waals surface area (Å²) in [5.74, 6) is 0.775. The highest BCUT2D eigenvalue weighted by atomic mass is 16.6. The van der Waals surface area contributed by atoms with Crippen molar-refractivity contribution in [2.45, 2.75) is 45.6 Å². The van der Waals surface area contributed by atoms with Crippen LogP contribution in [0, 0.1) is 0 Å². The molecule has 7 nitrogen and oxygen atoms in total. The van der Waals surface area contributed by atoms with Crippen LogP contribution in [0.5, 0.6) is 5.75 Å². The standard InChI is InChI=1S/C29H34N2O5/c1-29(2,3)36-28(34)30-17-16-22-9-7-13-24(19-22)35-18-8-10-21-14-15-25(23-11-5-4-6-12-23)26(20-21)31-27(32)33/h4-7,9,11-15,19-20,31H,8,10,16-18H2,1-3H3,(H,30,34)(H,32,33). The van der Waals surface area contributed by atoms with E-state index in [1.165, 1.54) is 0 Å². The van der Waals surface area contributed by atoms with Gasteiger partial charge >= 0.3 is 12.2 Å². The molecule has 2 amide bonds. The summed E-state index contributed by atoms with van der Waals surface area (Å²) in [6.07, 6.45) is 0.691. The van der Waals surface area contributed by atoms with Crippen molar-refractivity contribution in [3.05, 3.63) is 83.9 Å². The van der Waals surface area contributed by atoms with E-state index < -0.39 is 17.8 Å². The van der Waals surface area contributed by atoms with Gasteiger partial charge in [0, 0.05) is 12.1 Å². The molecule has 0 aromatic heterocycles. The molecule has 0 unspecified atom stereocenters. The van der Waals surface area contributed by atoms with Crippen molar-refractivity contribution >= 4 is 17.9 Å². The van der Waals surface area contributed by atoms with Crippen molar-refractivity contribution in [2.75, 3.05) is 18.5 Å². The number of ether oxygens (including phenoxy) is 2. The SMILES string of the molecule is CC(C)(C)OC(=O)NCCc1cccc(OCCCc2ccc(-c3ccccc3)c(NC(=O)O)c2)c1. The Hall–Kier alpha value is -4.00. The summed E-state index contributed by atoms with van der Waals surface area (Å²) in [7, 11) is 0. The predicted molar refractivity (Wildman–Crippen MR) is 142 cm³/mol. The lowest BCUT2D eigenvalue weighted by molar-refractivity contribution is 0.0528. The minimum Gasteiger partial charge on any atom is -0.494 e. The number of hydrogen-bond donors (Lipinski definition) is 3. The van der Waals surface area contributed by atoms with Crippen molar-refractivity contribution in [3.8, 4) is 16.9 Å². The van der Waals surface area contributed by atoms with Gasteiger partial charge in [-0.3, -0.25) is 5.32 Å². The first-order valence-corrected chi connectivity index (χ1v) is 12.1. The lowest BCUT2D eigenvalue weighted by Crippen LogP contribution is -2.33. The molecule has 0 radical (unpaired) electrons. The number of nitrogens with one attached hydrogen (secondary N) is 2. The van der Waals surface area contributed by atoms with Gasteiger partial charge in [0.25, 0.3) is 0 Å². The summed E-state index contributed by atoms with van der Waals surface area (Å²) < 4.78 is 11.2. The highest BCUT2D eigenvalue weighted by Crippen LogP contribution is 2.29. The van der Waals surface area contributed by atoms with Crippen molar-refractivity contribution in [2.24, 2.45) is 0 Å². The maximum atomic E-state index is 11.8. The van der Waals surface area contributed by atoms with Gasteiger partial charge in [0.1, 0.15) is 11.4 Å². The molecule has 0 aliphatic rings. The predicted octanol–water partition coefficient (Wildman–Crippen LogP) is 6.52. The zero-order valence-corrected chi connectivity index (χ0v) is 21.0. The summed E-state index contributed by atoms with van der Waals surface area (Å²) in [6.45, 7) is 6.50. The van der Waals surface area contributed by atoms with E-state index in [-0.39, 0.29) is 0 Å². The molecule has 0 fully saturated rings. The van der Waals surface area contributed by atoms with Gasteiger partial charge in [-0.25, -0.2) is 9.59 Å². The lowest BCUT2D eigenvalue weighted by atomic mass is 10.00. The van der Waals surface area contributed by atoms with E-state index in [1.807, 2.05) is 93.6 Å². The normalized spacial score (nSPS) is 11.0. The van der Waals surface area contributed by atoms with E-state index in [0.29, 0.717) is 25.3 Å². The molecule has 3 N–H and O–H groups in total. The first kappa shape index (κ1) is 26.6. The van der Waals surface area contributed by atoms with E-state index in [0.717, 1.165) is 40.8 Å². The van der Waals surface area contributed by atoms with Gasteiger partial charge in [-0.05, 0) is 74.9 Å². The van der Waals surface area contributed by atoms with Gasteiger partial charge in [0.15, 0.2) is 0 Å². The third-order valence-corrected chi connectivity index (χ3v) is 5.27. The van der Waals surface area contributed by atoms with E-state index in [4.69, 9.17) is 9.47 Å². The number of carbonyl (C=O) groups is 2. The molecule has 0 aliphatic carbocycles. The molecule has 190 valence electrons. The molecular weight excluding hydrogens is 456 g/mol. The lowest BCUT2D eigenvalue weighted by Gasteiger charge is -2.19. The third-order valence-electron chi connectivity index (χ3n) is 5.27. The Kier molecular flexibility index (Phi) is 9.33. The second-order valence-electron chi connectivity index (χ2n) is 9.45. The Morgan fingerprint density at radius 2 is 1.64 bits per heavy atom. The van der Waals surface area contributed by atoms with E-state index in [2.05, 4.69) is 10.6 Å². The van der Waals surface area contributed by atoms with Crippen LogP contribution in [0.3, 0.4) is 0 Å². The van der Waals surface area contributed by atoms with Crippen LogP contribution in [0.25, 0.3) is 11.1 Å². The molecular formula is C29H34N2O5. The third kappa shape index (κ3) is 8.98. The molecule has 0 saturated carbocycles. The van der Waals surface area contributed by atoms with Crippen LogP contribution in [0.1, 0.15) is 38.3 Å². The number of carboxylic acid groups (broad SMARTS) is 1. The molecule has 3 aromatic rings. The highest BCUT2D eigenvalue weighted by molar-refractivity contribution is 5.90. The Labute approximate surface area is 212 Å². The van der Waals surface area contributed by atoms with Crippen LogP contribution in [0.2, 0.25) is 0 Å².